The second-order valence-electron chi connectivity index (χ2n) is 12.4. The second kappa shape index (κ2) is 14.4. The Morgan fingerprint density at radius 2 is 1.59 bits per heavy atom. The summed E-state index contributed by atoms with van der Waals surface area (Å²) in [5, 5.41) is 28.6. The molecule has 1 heterocycles. The van der Waals surface area contributed by atoms with E-state index in [4.69, 9.17) is 9.47 Å². The molecule has 4 amide bonds. The van der Waals surface area contributed by atoms with Crippen LogP contribution in [0.25, 0.3) is 0 Å². The van der Waals surface area contributed by atoms with Gasteiger partial charge in [0.2, 0.25) is 5.91 Å². The number of hydrogen-bond donors (Lipinski definition) is 5. The normalized spacial score (nSPS) is 19.7. The fourth-order valence-electron chi connectivity index (χ4n) is 4.71. The van der Waals surface area contributed by atoms with Gasteiger partial charge in [-0.2, -0.15) is 0 Å². The predicted octanol–water partition coefficient (Wildman–Crippen LogP) is 3.42. The summed E-state index contributed by atoms with van der Waals surface area (Å²) in [5.41, 5.74) is -2.09. The number of carboxylic acid groups (broad SMARTS) is 1. The third-order valence-corrected chi connectivity index (χ3v) is 6.35. The molecule has 1 aromatic carbocycles. The molecule has 0 aliphatic carbocycles. The summed E-state index contributed by atoms with van der Waals surface area (Å²) in [6.07, 6.45) is -1.78. The van der Waals surface area contributed by atoms with Gasteiger partial charge in [-0.25, -0.2) is 14.4 Å². The number of β-amino-alcohol motifs (C(OH)–C–C–N with tert-alkyl or cyclic N) is 1. The molecule has 1 saturated heterocycles. The zero-order valence-electron chi connectivity index (χ0n) is 25.0. The number of likely N-dealkylation sites (tertiary alicyclic amines) is 1. The van der Waals surface area contributed by atoms with Crippen molar-refractivity contribution in [2.75, 3.05) is 19.6 Å². The van der Waals surface area contributed by atoms with Gasteiger partial charge in [-0.1, -0.05) is 30.3 Å². The highest BCUT2D eigenvalue weighted by Gasteiger charge is 2.53. The van der Waals surface area contributed by atoms with E-state index < -0.39 is 53.1 Å². The van der Waals surface area contributed by atoms with Crippen LogP contribution in [-0.4, -0.2) is 87.8 Å². The minimum absolute atomic E-state index is 0.0116. The van der Waals surface area contributed by atoms with Crippen LogP contribution < -0.4 is 16.0 Å². The average Bonchev–Trinajstić information content (AvgIpc) is 3.17. The maximum Gasteiger partial charge on any atom is 0.408 e. The minimum Gasteiger partial charge on any atom is -0.465 e. The molecule has 0 spiro atoms. The maximum absolute atomic E-state index is 13.7. The fourth-order valence-corrected chi connectivity index (χ4v) is 4.71. The van der Waals surface area contributed by atoms with Crippen molar-refractivity contribution >= 4 is 24.2 Å². The van der Waals surface area contributed by atoms with Crippen molar-refractivity contribution in [1.29, 1.82) is 0 Å². The van der Waals surface area contributed by atoms with Crippen molar-refractivity contribution in [3.05, 3.63) is 35.9 Å². The molecule has 0 saturated carbocycles. The number of carbonyl (C=O) groups excluding carboxylic acids is 3. The summed E-state index contributed by atoms with van der Waals surface area (Å²) < 4.78 is 10.6. The Morgan fingerprint density at radius 3 is 2.17 bits per heavy atom. The van der Waals surface area contributed by atoms with Gasteiger partial charge in [0.15, 0.2) is 0 Å². The topological polar surface area (TPSA) is 167 Å². The largest absolute Gasteiger partial charge is 0.465 e. The van der Waals surface area contributed by atoms with Crippen LogP contribution >= 0.6 is 0 Å². The van der Waals surface area contributed by atoms with Crippen LogP contribution in [0.4, 0.5) is 14.4 Å². The van der Waals surface area contributed by atoms with Gasteiger partial charge in [0.05, 0.1) is 12.6 Å². The Labute approximate surface area is 242 Å². The molecular weight excluding hydrogens is 532 g/mol. The van der Waals surface area contributed by atoms with Gasteiger partial charge in [0.1, 0.15) is 16.7 Å². The molecular formula is C29H46N4O8. The Bertz CT molecular complexity index is 1040. The Hall–Kier alpha value is -3.54. The van der Waals surface area contributed by atoms with Gasteiger partial charge in [-0.3, -0.25) is 9.69 Å². The van der Waals surface area contributed by atoms with Crippen LogP contribution in [0.3, 0.4) is 0 Å². The van der Waals surface area contributed by atoms with Crippen molar-refractivity contribution < 1.29 is 38.9 Å². The SMILES string of the molecule is CC(C)(C)OC(=O)NCCCC[C@@H](CNC(=O)[C@]1(Cc2ccccc2)C[C@@H](O)CN1C(=O)O)NC(=O)OC(C)(C)C. The van der Waals surface area contributed by atoms with Crippen LogP contribution in [0, 0.1) is 0 Å². The number of rotatable bonds is 11. The monoisotopic (exact) mass is 578 g/mol. The van der Waals surface area contributed by atoms with E-state index in [1.807, 2.05) is 6.07 Å². The smallest absolute Gasteiger partial charge is 0.408 e. The van der Waals surface area contributed by atoms with Crippen LogP contribution in [0.1, 0.15) is 72.8 Å². The summed E-state index contributed by atoms with van der Waals surface area (Å²) in [4.78, 5) is 51.2. The van der Waals surface area contributed by atoms with Gasteiger partial charge in [-0.15, -0.1) is 0 Å². The molecule has 0 bridgehead atoms. The van der Waals surface area contributed by atoms with Crippen molar-refractivity contribution in [2.45, 2.75) is 103 Å². The van der Waals surface area contributed by atoms with Crippen molar-refractivity contribution in [3.63, 3.8) is 0 Å². The molecule has 3 atom stereocenters. The van der Waals surface area contributed by atoms with Crippen molar-refractivity contribution in [3.8, 4) is 0 Å². The van der Waals surface area contributed by atoms with Crippen molar-refractivity contribution in [1.82, 2.24) is 20.9 Å². The van der Waals surface area contributed by atoms with E-state index >= 15 is 0 Å². The Morgan fingerprint density at radius 1 is 0.976 bits per heavy atom. The fraction of sp³-hybridized carbons (Fsp3) is 0.655. The third-order valence-electron chi connectivity index (χ3n) is 6.35. The number of carbonyl (C=O) groups is 4. The van der Waals surface area contributed by atoms with Crippen LogP contribution in [0.2, 0.25) is 0 Å². The molecule has 0 radical (unpaired) electrons. The lowest BCUT2D eigenvalue weighted by Gasteiger charge is -2.36. The predicted molar refractivity (Wildman–Crippen MR) is 152 cm³/mol. The first-order valence-corrected chi connectivity index (χ1v) is 14.0. The molecule has 41 heavy (non-hydrogen) atoms. The van der Waals surface area contributed by atoms with Crippen molar-refractivity contribution in [2.24, 2.45) is 0 Å². The average molecular weight is 579 g/mol. The molecule has 2 rings (SSSR count). The third kappa shape index (κ3) is 11.5. The number of aliphatic hydroxyl groups is 1. The molecule has 0 aromatic heterocycles. The first-order chi connectivity index (χ1) is 19.0. The van der Waals surface area contributed by atoms with Crippen LogP contribution in [0.5, 0.6) is 0 Å². The quantitative estimate of drug-likeness (QED) is 0.249. The van der Waals surface area contributed by atoms with Gasteiger partial charge in [-0.05, 0) is 66.4 Å². The lowest BCUT2D eigenvalue weighted by atomic mass is 9.86. The number of alkyl carbamates (subject to hydrolysis) is 2. The molecule has 0 unspecified atom stereocenters. The number of nitrogens with one attached hydrogen (secondary N) is 3. The minimum atomic E-state index is -1.51. The maximum atomic E-state index is 13.7. The van der Waals surface area contributed by atoms with E-state index in [0.717, 1.165) is 10.5 Å². The summed E-state index contributed by atoms with van der Waals surface area (Å²) in [5.74, 6) is -0.553. The number of ether oxygens (including phenoxy) is 2. The van der Waals surface area contributed by atoms with E-state index in [-0.39, 0.29) is 25.9 Å². The van der Waals surface area contributed by atoms with Gasteiger partial charge in [0.25, 0.3) is 0 Å². The van der Waals surface area contributed by atoms with E-state index in [1.54, 1.807) is 65.8 Å². The lowest BCUT2D eigenvalue weighted by Crippen LogP contribution is -2.60. The molecule has 5 N–H and O–H groups in total. The Balaban J connectivity index is 2.10. The molecule has 1 aromatic rings. The molecule has 1 fully saturated rings. The highest BCUT2D eigenvalue weighted by Crippen LogP contribution is 2.34. The summed E-state index contributed by atoms with van der Waals surface area (Å²) in [6.45, 7) is 10.8. The highest BCUT2D eigenvalue weighted by molar-refractivity contribution is 5.91. The highest BCUT2D eigenvalue weighted by atomic mass is 16.6. The number of unbranched alkanes of at least 4 members (excludes halogenated alkanes) is 1. The van der Waals surface area contributed by atoms with E-state index in [0.29, 0.717) is 25.8 Å². The number of benzene rings is 1. The number of amides is 4. The molecule has 1 aliphatic heterocycles. The first-order valence-electron chi connectivity index (χ1n) is 14.0. The van der Waals surface area contributed by atoms with Crippen LogP contribution in [0.15, 0.2) is 30.3 Å². The lowest BCUT2D eigenvalue weighted by molar-refractivity contribution is -0.131. The molecule has 1 aliphatic rings. The van der Waals surface area contributed by atoms with E-state index in [2.05, 4.69) is 16.0 Å². The van der Waals surface area contributed by atoms with Gasteiger partial charge >= 0.3 is 18.3 Å². The number of hydrogen-bond acceptors (Lipinski definition) is 7. The zero-order valence-corrected chi connectivity index (χ0v) is 25.0. The first kappa shape index (κ1) is 33.7. The van der Waals surface area contributed by atoms with E-state index in [1.165, 1.54) is 0 Å². The van der Waals surface area contributed by atoms with E-state index in [9.17, 15) is 29.4 Å². The Kier molecular flexibility index (Phi) is 11.8. The summed E-state index contributed by atoms with van der Waals surface area (Å²) in [6, 6.07) is 8.50. The van der Waals surface area contributed by atoms with Gasteiger partial charge in [0, 0.05) is 32.0 Å². The number of nitrogens with zero attached hydrogens (tertiary/aromatic N) is 1. The zero-order chi connectivity index (χ0) is 30.8. The molecule has 12 heteroatoms. The molecule has 12 nitrogen and oxygen atoms in total. The number of aliphatic hydroxyl groups excluding tert-OH is 1. The second-order valence-corrected chi connectivity index (χ2v) is 12.4. The standard InChI is InChI=1S/C29H46N4O8/c1-27(2,3)40-24(36)30-15-11-10-14-21(32-25(37)41-28(4,5)6)18-31-23(35)29(16-20-12-8-7-9-13-20)17-22(34)19-33(29)26(38)39/h7-9,12-13,21-22,34H,10-11,14-19H2,1-6H3,(H,30,36)(H,31,35)(H,32,37)(H,38,39)/t21-,22+,29-/m0/s1. The summed E-state index contributed by atoms with van der Waals surface area (Å²) >= 11 is 0. The summed E-state index contributed by atoms with van der Waals surface area (Å²) in [7, 11) is 0. The van der Waals surface area contributed by atoms with Crippen LogP contribution in [-0.2, 0) is 20.7 Å². The molecule has 230 valence electrons. The van der Waals surface area contributed by atoms with Gasteiger partial charge < -0.3 is 35.6 Å².